The monoisotopic (exact) mass is 144 g/mol. The number of hydrogen-bond acceptors (Lipinski definition) is 3. The minimum absolute atomic E-state index is 0.377. The molecule has 0 radical (unpaired) electrons. The van der Waals surface area contributed by atoms with Gasteiger partial charge < -0.3 is 4.74 Å². The maximum atomic E-state index is 10.7. The molecule has 0 bridgehead atoms. The molecule has 0 aromatic carbocycles. The molecule has 10 heavy (non-hydrogen) atoms. The molecule has 0 aliphatic carbocycles. The van der Waals surface area contributed by atoms with E-state index in [0.717, 1.165) is 5.01 Å². The molecule has 0 aliphatic rings. The smallest absolute Gasteiger partial charge is 0.430 e. The van der Waals surface area contributed by atoms with Gasteiger partial charge in [0.25, 0.3) is 0 Å². The van der Waals surface area contributed by atoms with E-state index in [4.69, 9.17) is 0 Å². The van der Waals surface area contributed by atoms with Crippen LogP contribution in [-0.2, 0) is 4.74 Å². The van der Waals surface area contributed by atoms with Gasteiger partial charge in [0.15, 0.2) is 0 Å². The largest absolute Gasteiger partial charge is 0.448 e. The molecule has 4 heteroatoms. The molecule has 58 valence electrons. The number of amides is 1. The first-order chi connectivity index (χ1) is 4.72. The van der Waals surface area contributed by atoms with Crippen LogP contribution in [0.25, 0.3) is 0 Å². The maximum absolute atomic E-state index is 10.7. The normalized spacial score (nSPS) is 9.90. The van der Waals surface area contributed by atoms with E-state index in [1.807, 2.05) is 0 Å². The molecule has 0 atom stereocenters. The second-order valence-electron chi connectivity index (χ2n) is 1.60. The van der Waals surface area contributed by atoms with Crippen LogP contribution in [0.2, 0.25) is 0 Å². The molecule has 4 nitrogen and oxygen atoms in total. The van der Waals surface area contributed by atoms with E-state index in [1.54, 1.807) is 13.8 Å². The van der Waals surface area contributed by atoms with Crippen molar-refractivity contribution in [2.75, 3.05) is 13.7 Å². The van der Waals surface area contributed by atoms with Crippen molar-refractivity contribution in [3.63, 3.8) is 0 Å². The third kappa shape index (κ3) is 3.06. The highest BCUT2D eigenvalue weighted by molar-refractivity contribution is 5.68. The lowest BCUT2D eigenvalue weighted by Crippen LogP contribution is -2.21. The Labute approximate surface area is 60.5 Å². The van der Waals surface area contributed by atoms with Crippen molar-refractivity contribution in [3.8, 4) is 0 Å². The predicted octanol–water partition coefficient (Wildman–Crippen LogP) is 1.08. The Kier molecular flexibility index (Phi) is 4.28. The summed E-state index contributed by atoms with van der Waals surface area (Å²) in [6, 6.07) is 0. The Morgan fingerprint density at radius 1 is 1.80 bits per heavy atom. The van der Waals surface area contributed by atoms with Crippen LogP contribution in [0.15, 0.2) is 5.10 Å². The molecule has 0 rings (SSSR count). The zero-order chi connectivity index (χ0) is 7.98. The number of hydrazone groups is 1. The standard InChI is InChI=1S/C6H12N2O2/c1-4-7-8(3)6(9)10-5-2/h4H,5H2,1-3H3/b7-4-. The first-order valence-corrected chi connectivity index (χ1v) is 3.11. The lowest BCUT2D eigenvalue weighted by molar-refractivity contribution is 0.117. The summed E-state index contributed by atoms with van der Waals surface area (Å²) in [5.41, 5.74) is 0. The molecule has 0 N–H and O–H groups in total. The molecule has 0 saturated heterocycles. The summed E-state index contributed by atoms with van der Waals surface area (Å²) in [4.78, 5) is 10.7. The van der Waals surface area contributed by atoms with Crippen molar-refractivity contribution in [2.24, 2.45) is 5.10 Å². The van der Waals surface area contributed by atoms with Gasteiger partial charge in [-0.05, 0) is 13.8 Å². The molecule has 0 unspecified atom stereocenters. The molecule has 1 amide bonds. The van der Waals surface area contributed by atoms with Crippen LogP contribution in [0, 0.1) is 0 Å². The van der Waals surface area contributed by atoms with Crippen molar-refractivity contribution in [2.45, 2.75) is 13.8 Å². The van der Waals surface area contributed by atoms with Crippen LogP contribution in [0.4, 0.5) is 4.79 Å². The van der Waals surface area contributed by atoms with E-state index in [9.17, 15) is 4.79 Å². The van der Waals surface area contributed by atoms with Crippen LogP contribution < -0.4 is 0 Å². The SMILES string of the molecule is C/C=N\N(C)C(=O)OCC. The molecule has 0 aromatic rings. The number of ether oxygens (including phenoxy) is 1. The Morgan fingerprint density at radius 2 is 2.40 bits per heavy atom. The third-order valence-corrected chi connectivity index (χ3v) is 0.821. The lowest BCUT2D eigenvalue weighted by Gasteiger charge is -2.08. The summed E-state index contributed by atoms with van der Waals surface area (Å²) in [7, 11) is 1.54. The van der Waals surface area contributed by atoms with Gasteiger partial charge in [-0.25, -0.2) is 9.80 Å². The summed E-state index contributed by atoms with van der Waals surface area (Å²) in [6.45, 7) is 3.86. The zero-order valence-electron chi connectivity index (χ0n) is 6.50. The average molecular weight is 144 g/mol. The minimum Gasteiger partial charge on any atom is -0.448 e. The second kappa shape index (κ2) is 4.78. The molecule has 0 aromatic heterocycles. The predicted molar refractivity (Wildman–Crippen MR) is 39.0 cm³/mol. The second-order valence-corrected chi connectivity index (χ2v) is 1.60. The topological polar surface area (TPSA) is 41.9 Å². The lowest BCUT2D eigenvalue weighted by atomic mass is 10.8. The number of rotatable bonds is 2. The third-order valence-electron chi connectivity index (χ3n) is 0.821. The van der Waals surface area contributed by atoms with Crippen molar-refractivity contribution in [3.05, 3.63) is 0 Å². The van der Waals surface area contributed by atoms with Crippen molar-refractivity contribution in [1.29, 1.82) is 0 Å². The quantitative estimate of drug-likeness (QED) is 0.430. The molecule has 0 fully saturated rings. The van der Waals surface area contributed by atoms with E-state index >= 15 is 0 Å². The Balaban J connectivity index is 3.70. The van der Waals surface area contributed by atoms with Gasteiger partial charge in [0.2, 0.25) is 0 Å². The van der Waals surface area contributed by atoms with Crippen molar-refractivity contribution < 1.29 is 9.53 Å². The van der Waals surface area contributed by atoms with Crippen LogP contribution in [-0.4, -0.2) is 31.0 Å². The molecular formula is C6H12N2O2. The van der Waals surface area contributed by atoms with E-state index in [-0.39, 0.29) is 0 Å². The average Bonchev–Trinajstić information content (AvgIpc) is 1.89. The van der Waals surface area contributed by atoms with Gasteiger partial charge in [0, 0.05) is 13.3 Å². The van der Waals surface area contributed by atoms with Gasteiger partial charge >= 0.3 is 6.09 Å². The molecule has 0 heterocycles. The van der Waals surface area contributed by atoms with Crippen LogP contribution in [0.5, 0.6) is 0 Å². The van der Waals surface area contributed by atoms with E-state index in [2.05, 4.69) is 9.84 Å². The highest BCUT2D eigenvalue weighted by Gasteiger charge is 2.04. The first kappa shape index (κ1) is 8.94. The molecule has 0 saturated carbocycles. The van der Waals surface area contributed by atoms with E-state index in [1.165, 1.54) is 13.3 Å². The Bertz CT molecular complexity index is 134. The van der Waals surface area contributed by atoms with Crippen LogP contribution in [0.3, 0.4) is 0 Å². The number of hydrogen-bond donors (Lipinski definition) is 0. The van der Waals surface area contributed by atoms with Gasteiger partial charge in [-0.3, -0.25) is 0 Å². The Hall–Kier alpha value is -1.06. The fourth-order valence-corrected chi connectivity index (χ4v) is 0.437. The maximum Gasteiger partial charge on any atom is 0.430 e. The van der Waals surface area contributed by atoms with Crippen molar-refractivity contribution in [1.82, 2.24) is 5.01 Å². The van der Waals surface area contributed by atoms with Crippen molar-refractivity contribution >= 4 is 12.3 Å². The van der Waals surface area contributed by atoms with Gasteiger partial charge in [-0.2, -0.15) is 5.10 Å². The fourth-order valence-electron chi connectivity index (χ4n) is 0.437. The number of carbonyl (C=O) groups is 1. The van der Waals surface area contributed by atoms with Gasteiger partial charge in [0.1, 0.15) is 0 Å². The Morgan fingerprint density at radius 3 is 2.80 bits per heavy atom. The molecule has 0 aliphatic heterocycles. The number of carbonyl (C=O) groups excluding carboxylic acids is 1. The summed E-state index contributed by atoms with van der Waals surface area (Å²) in [6.07, 6.45) is 1.09. The zero-order valence-corrected chi connectivity index (χ0v) is 6.50. The summed E-state index contributed by atoms with van der Waals surface area (Å²) >= 11 is 0. The van der Waals surface area contributed by atoms with Gasteiger partial charge in [-0.15, -0.1) is 0 Å². The van der Waals surface area contributed by atoms with Gasteiger partial charge in [-0.1, -0.05) is 0 Å². The summed E-state index contributed by atoms with van der Waals surface area (Å²) in [5, 5.41) is 4.82. The van der Waals surface area contributed by atoms with Crippen LogP contribution >= 0.6 is 0 Å². The molecule has 0 spiro atoms. The first-order valence-electron chi connectivity index (χ1n) is 3.11. The minimum atomic E-state index is -0.430. The molecular weight excluding hydrogens is 132 g/mol. The van der Waals surface area contributed by atoms with Crippen LogP contribution in [0.1, 0.15) is 13.8 Å². The summed E-state index contributed by atoms with van der Waals surface area (Å²) < 4.78 is 4.63. The highest BCUT2D eigenvalue weighted by atomic mass is 16.6. The summed E-state index contributed by atoms with van der Waals surface area (Å²) in [5.74, 6) is 0. The highest BCUT2D eigenvalue weighted by Crippen LogP contribution is 1.88. The van der Waals surface area contributed by atoms with E-state index in [0.29, 0.717) is 6.61 Å². The fraction of sp³-hybridized carbons (Fsp3) is 0.667. The number of nitrogens with zero attached hydrogens (tertiary/aromatic N) is 2. The van der Waals surface area contributed by atoms with E-state index < -0.39 is 6.09 Å². The van der Waals surface area contributed by atoms with Gasteiger partial charge in [0.05, 0.1) is 6.61 Å².